The van der Waals surface area contributed by atoms with E-state index in [4.69, 9.17) is 9.05 Å². The fourth-order valence-electron chi connectivity index (χ4n) is 5.64. The van der Waals surface area contributed by atoms with Crippen LogP contribution in [0.15, 0.2) is 18.2 Å². The first-order chi connectivity index (χ1) is 12.0. The molecular weight excluding hydrogens is 335 g/mol. The molecule has 0 spiro atoms. The normalized spacial score (nSPS) is 34.8. The lowest BCUT2D eigenvalue weighted by molar-refractivity contribution is -0.129. The van der Waals surface area contributed by atoms with E-state index in [1.54, 1.807) is 0 Å². The van der Waals surface area contributed by atoms with Gasteiger partial charge in [-0.1, -0.05) is 13.0 Å². The van der Waals surface area contributed by atoms with Gasteiger partial charge in [0.15, 0.2) is 0 Å². The third-order valence-corrected chi connectivity index (χ3v) is 7.80. The monoisotopic (exact) mass is 362 g/mol. The van der Waals surface area contributed by atoms with Gasteiger partial charge in [-0.05, 0) is 80.0 Å². The van der Waals surface area contributed by atoms with Crippen LogP contribution in [0.3, 0.4) is 0 Å². The van der Waals surface area contributed by atoms with Gasteiger partial charge in [-0.3, -0.25) is 4.79 Å². The number of ketones is 1. The highest BCUT2D eigenvalue weighted by Gasteiger charge is 2.54. The van der Waals surface area contributed by atoms with E-state index in [0.29, 0.717) is 35.9 Å². The minimum atomic E-state index is -2.45. The number of aryl methyl sites for hydroxylation is 1. The average molecular weight is 362 g/mol. The molecule has 5 atom stereocenters. The van der Waals surface area contributed by atoms with Gasteiger partial charge in [-0.15, -0.1) is 0 Å². The lowest BCUT2D eigenvalue weighted by Crippen LogP contribution is -2.42. The SMILES string of the molecule is CCO[PH](=O)Oc1ccc2c(c1)CC[C@@H]1[C@@H]2CC[C@]2(C)C(=O)CC[C@@H]12. The lowest BCUT2D eigenvalue weighted by Gasteiger charge is -2.48. The number of hydrogen-bond donors (Lipinski definition) is 0. The smallest absolute Gasteiger partial charge is 0.367 e. The minimum Gasteiger partial charge on any atom is -0.426 e. The molecule has 2 saturated carbocycles. The molecule has 5 heteroatoms. The second-order valence-corrected chi connectivity index (χ2v) is 8.97. The molecule has 0 radical (unpaired) electrons. The maximum atomic E-state index is 12.4. The zero-order valence-corrected chi connectivity index (χ0v) is 16.0. The summed E-state index contributed by atoms with van der Waals surface area (Å²) >= 11 is 0. The van der Waals surface area contributed by atoms with Crippen molar-refractivity contribution in [3.8, 4) is 5.75 Å². The number of carbonyl (C=O) groups excluding carboxylic acids is 1. The minimum absolute atomic E-state index is 0.0703. The van der Waals surface area contributed by atoms with Crippen molar-refractivity contribution in [2.45, 2.75) is 58.3 Å². The molecule has 3 aliphatic carbocycles. The molecule has 1 aromatic carbocycles. The van der Waals surface area contributed by atoms with E-state index in [1.165, 1.54) is 11.1 Å². The predicted molar refractivity (Wildman–Crippen MR) is 97.3 cm³/mol. The number of rotatable bonds is 4. The first-order valence-corrected chi connectivity index (χ1v) is 10.8. The summed E-state index contributed by atoms with van der Waals surface area (Å²) in [7, 11) is -2.45. The molecule has 1 unspecified atom stereocenters. The van der Waals surface area contributed by atoms with Crippen molar-refractivity contribution in [3.05, 3.63) is 29.3 Å². The molecule has 0 amide bonds. The van der Waals surface area contributed by atoms with Crippen LogP contribution in [0.5, 0.6) is 5.75 Å². The molecule has 25 heavy (non-hydrogen) atoms. The summed E-state index contributed by atoms with van der Waals surface area (Å²) in [5.74, 6) is 2.88. The van der Waals surface area contributed by atoms with Crippen LogP contribution in [0.4, 0.5) is 0 Å². The molecule has 0 aliphatic heterocycles. The summed E-state index contributed by atoms with van der Waals surface area (Å²) in [6, 6.07) is 6.12. The summed E-state index contributed by atoms with van der Waals surface area (Å²) in [6.45, 7) is 4.41. The molecule has 4 nitrogen and oxygen atoms in total. The molecule has 3 aliphatic rings. The predicted octanol–water partition coefficient (Wildman–Crippen LogP) is 4.92. The molecule has 0 bridgehead atoms. The number of carbonyl (C=O) groups is 1. The Morgan fingerprint density at radius 1 is 1.24 bits per heavy atom. The molecule has 4 rings (SSSR count). The zero-order chi connectivity index (χ0) is 17.6. The topological polar surface area (TPSA) is 52.6 Å². The van der Waals surface area contributed by atoms with Crippen molar-refractivity contribution < 1.29 is 18.4 Å². The third-order valence-electron chi connectivity index (χ3n) is 6.87. The van der Waals surface area contributed by atoms with Crippen molar-refractivity contribution in [2.24, 2.45) is 17.3 Å². The van der Waals surface area contributed by atoms with E-state index in [9.17, 15) is 9.36 Å². The molecular formula is C20H27O4P. The van der Waals surface area contributed by atoms with Gasteiger partial charge in [0.25, 0.3) is 0 Å². The molecule has 1 aromatic rings. The molecule has 0 heterocycles. The number of hydrogen-bond acceptors (Lipinski definition) is 4. The van der Waals surface area contributed by atoms with Gasteiger partial charge in [-0.2, -0.15) is 0 Å². The lowest BCUT2D eigenvalue weighted by atomic mass is 9.55. The first kappa shape index (κ1) is 17.3. The van der Waals surface area contributed by atoms with E-state index in [0.717, 1.165) is 38.5 Å². The Morgan fingerprint density at radius 2 is 2.08 bits per heavy atom. The highest BCUT2D eigenvalue weighted by atomic mass is 31.1. The fourth-order valence-corrected chi connectivity index (χ4v) is 6.25. The third kappa shape index (κ3) is 2.88. The van der Waals surface area contributed by atoms with Gasteiger partial charge in [0.05, 0.1) is 6.61 Å². The summed E-state index contributed by atoms with van der Waals surface area (Å²) < 4.78 is 22.2. The van der Waals surface area contributed by atoms with Crippen LogP contribution in [0.1, 0.15) is 63.0 Å². The number of Topliss-reactive ketones (excluding diaryl/α,β-unsaturated/α-hetero) is 1. The number of fused-ring (bicyclic) bond motifs is 5. The molecule has 0 N–H and O–H groups in total. The van der Waals surface area contributed by atoms with Gasteiger partial charge >= 0.3 is 8.25 Å². The Hall–Kier alpha value is -1.12. The quantitative estimate of drug-likeness (QED) is 0.714. The van der Waals surface area contributed by atoms with Crippen molar-refractivity contribution in [3.63, 3.8) is 0 Å². The van der Waals surface area contributed by atoms with Crippen molar-refractivity contribution in [1.82, 2.24) is 0 Å². The molecule has 0 saturated heterocycles. The van der Waals surface area contributed by atoms with E-state index >= 15 is 0 Å². The molecule has 0 aromatic heterocycles. The van der Waals surface area contributed by atoms with Gasteiger partial charge < -0.3 is 9.05 Å². The van der Waals surface area contributed by atoms with Crippen LogP contribution in [-0.4, -0.2) is 12.4 Å². The highest BCUT2D eigenvalue weighted by Crippen LogP contribution is 2.59. The summed E-state index contributed by atoms with van der Waals surface area (Å²) in [5, 5.41) is 0. The van der Waals surface area contributed by atoms with Crippen LogP contribution in [-0.2, 0) is 20.3 Å². The maximum Gasteiger partial charge on any atom is 0.367 e. The Kier molecular flexibility index (Phi) is 4.54. The fraction of sp³-hybridized carbons (Fsp3) is 0.650. The zero-order valence-electron chi connectivity index (χ0n) is 15.0. The van der Waals surface area contributed by atoms with Crippen molar-refractivity contribution >= 4 is 14.0 Å². The van der Waals surface area contributed by atoms with Gasteiger partial charge in [0.2, 0.25) is 0 Å². The van der Waals surface area contributed by atoms with E-state index < -0.39 is 8.25 Å². The van der Waals surface area contributed by atoms with Crippen LogP contribution in [0.25, 0.3) is 0 Å². The number of benzene rings is 1. The van der Waals surface area contributed by atoms with Crippen molar-refractivity contribution in [1.29, 1.82) is 0 Å². The summed E-state index contributed by atoms with van der Waals surface area (Å²) in [6.07, 6.45) is 6.14. The summed E-state index contributed by atoms with van der Waals surface area (Å²) in [4.78, 5) is 12.4. The largest absolute Gasteiger partial charge is 0.426 e. The summed E-state index contributed by atoms with van der Waals surface area (Å²) in [5.41, 5.74) is 2.66. The van der Waals surface area contributed by atoms with Crippen molar-refractivity contribution in [2.75, 3.05) is 6.61 Å². The second kappa shape index (κ2) is 6.55. The van der Waals surface area contributed by atoms with E-state index in [-0.39, 0.29) is 5.41 Å². The van der Waals surface area contributed by atoms with Crippen LogP contribution >= 0.6 is 8.25 Å². The van der Waals surface area contributed by atoms with E-state index in [2.05, 4.69) is 13.0 Å². The second-order valence-electron chi connectivity index (χ2n) is 7.98. The van der Waals surface area contributed by atoms with Gasteiger partial charge in [0.1, 0.15) is 11.5 Å². The Labute approximate surface area is 150 Å². The Morgan fingerprint density at radius 3 is 2.88 bits per heavy atom. The Bertz CT molecular complexity index is 716. The maximum absolute atomic E-state index is 12.4. The van der Waals surface area contributed by atoms with Crippen LogP contribution in [0, 0.1) is 17.3 Å². The average Bonchev–Trinajstić information content (AvgIpc) is 2.90. The Balaban J connectivity index is 1.57. The van der Waals surface area contributed by atoms with Crippen LogP contribution < -0.4 is 4.52 Å². The first-order valence-electron chi connectivity index (χ1n) is 9.53. The van der Waals surface area contributed by atoms with Gasteiger partial charge in [0, 0.05) is 11.8 Å². The highest BCUT2D eigenvalue weighted by molar-refractivity contribution is 7.33. The van der Waals surface area contributed by atoms with Crippen LogP contribution in [0.2, 0.25) is 0 Å². The van der Waals surface area contributed by atoms with Gasteiger partial charge in [-0.25, -0.2) is 4.57 Å². The molecule has 2 fully saturated rings. The molecule has 136 valence electrons. The van der Waals surface area contributed by atoms with E-state index in [1.807, 2.05) is 19.1 Å². The standard InChI is InChI=1S/C20H27O4P/c1-3-23-25(22)24-14-5-7-15-13(12-14)4-6-17-16(15)10-11-20(2)18(17)8-9-19(20)21/h5,7,12,16-18,25H,3-4,6,8-11H2,1-2H3/t16-,17-,18+,20+/m1/s1.